The summed E-state index contributed by atoms with van der Waals surface area (Å²) in [4.78, 5) is 11.8. The van der Waals surface area contributed by atoms with Crippen LogP contribution in [-0.2, 0) is 9.53 Å². The highest BCUT2D eigenvalue weighted by Crippen LogP contribution is 2.25. The highest BCUT2D eigenvalue weighted by molar-refractivity contribution is 5.79. The molecule has 1 aliphatic carbocycles. The third-order valence-electron chi connectivity index (χ3n) is 3.73. The summed E-state index contributed by atoms with van der Waals surface area (Å²) < 4.78 is 5.36. The summed E-state index contributed by atoms with van der Waals surface area (Å²) in [5.74, 6) is 0.343. The zero-order valence-corrected chi connectivity index (χ0v) is 10.00. The van der Waals surface area contributed by atoms with Gasteiger partial charge < -0.3 is 15.4 Å². The zero-order chi connectivity index (χ0) is 11.4. The van der Waals surface area contributed by atoms with Gasteiger partial charge in [-0.25, -0.2) is 0 Å². The summed E-state index contributed by atoms with van der Waals surface area (Å²) >= 11 is 0. The van der Waals surface area contributed by atoms with Gasteiger partial charge in [-0.05, 0) is 19.3 Å². The third kappa shape index (κ3) is 2.74. The monoisotopic (exact) mass is 226 g/mol. The Kier molecular flexibility index (Phi) is 4.18. The van der Waals surface area contributed by atoms with Gasteiger partial charge in [0.2, 0.25) is 5.91 Å². The van der Waals surface area contributed by atoms with Crippen molar-refractivity contribution in [3.05, 3.63) is 0 Å². The van der Waals surface area contributed by atoms with Crippen molar-refractivity contribution in [1.29, 1.82) is 0 Å². The number of amides is 1. The second-order valence-electron chi connectivity index (χ2n) is 4.84. The van der Waals surface area contributed by atoms with Crippen molar-refractivity contribution in [1.82, 2.24) is 10.6 Å². The molecule has 0 radical (unpaired) electrons. The molecular formula is C12H22N2O2. The number of hydrogen-bond donors (Lipinski definition) is 2. The molecule has 1 saturated carbocycles. The van der Waals surface area contributed by atoms with E-state index in [2.05, 4.69) is 10.6 Å². The average Bonchev–Trinajstić information content (AvgIpc) is 2.82. The van der Waals surface area contributed by atoms with Crippen molar-refractivity contribution >= 4 is 5.91 Å². The van der Waals surface area contributed by atoms with Crippen LogP contribution in [0.3, 0.4) is 0 Å². The minimum Gasteiger partial charge on any atom is -0.380 e. The summed E-state index contributed by atoms with van der Waals surface area (Å²) in [6.07, 6.45) is 5.63. The molecule has 3 unspecified atom stereocenters. The summed E-state index contributed by atoms with van der Waals surface area (Å²) in [5.41, 5.74) is 0. The molecule has 0 aromatic heterocycles. The molecule has 2 aliphatic rings. The van der Waals surface area contributed by atoms with E-state index in [4.69, 9.17) is 4.74 Å². The van der Waals surface area contributed by atoms with Crippen molar-refractivity contribution in [2.24, 2.45) is 5.92 Å². The standard InChI is InChI=1S/C12H22N2O2/c1-13-12(15)10-4-2-3-5-11(10)14-9-6-7-16-8-9/h9-11,14H,2-8H2,1H3,(H,13,15). The van der Waals surface area contributed by atoms with Crippen LogP contribution < -0.4 is 10.6 Å². The fraction of sp³-hybridized carbons (Fsp3) is 0.917. The Morgan fingerprint density at radius 3 is 2.75 bits per heavy atom. The molecule has 2 rings (SSSR count). The Morgan fingerprint density at radius 1 is 1.25 bits per heavy atom. The molecule has 3 atom stereocenters. The van der Waals surface area contributed by atoms with Crippen LogP contribution in [0.4, 0.5) is 0 Å². The van der Waals surface area contributed by atoms with Crippen molar-refractivity contribution in [2.75, 3.05) is 20.3 Å². The second kappa shape index (κ2) is 5.64. The molecule has 2 N–H and O–H groups in total. The highest BCUT2D eigenvalue weighted by atomic mass is 16.5. The lowest BCUT2D eigenvalue weighted by Crippen LogP contribution is -2.49. The number of carbonyl (C=O) groups is 1. The minimum atomic E-state index is 0.152. The molecule has 4 nitrogen and oxygen atoms in total. The van der Waals surface area contributed by atoms with Crippen LogP contribution >= 0.6 is 0 Å². The van der Waals surface area contributed by atoms with Gasteiger partial charge in [0, 0.05) is 25.7 Å². The van der Waals surface area contributed by atoms with Gasteiger partial charge in [0.15, 0.2) is 0 Å². The molecule has 1 amide bonds. The van der Waals surface area contributed by atoms with Crippen molar-refractivity contribution in [3.63, 3.8) is 0 Å². The zero-order valence-electron chi connectivity index (χ0n) is 10.00. The lowest BCUT2D eigenvalue weighted by Gasteiger charge is -2.32. The molecule has 1 aliphatic heterocycles. The van der Waals surface area contributed by atoms with Gasteiger partial charge in [-0.2, -0.15) is 0 Å². The first-order valence-corrected chi connectivity index (χ1v) is 6.36. The maximum absolute atomic E-state index is 11.8. The van der Waals surface area contributed by atoms with Gasteiger partial charge in [-0.15, -0.1) is 0 Å². The van der Waals surface area contributed by atoms with Gasteiger partial charge in [0.1, 0.15) is 0 Å². The van der Waals surface area contributed by atoms with Gasteiger partial charge in [0.25, 0.3) is 0 Å². The first-order valence-electron chi connectivity index (χ1n) is 6.36. The van der Waals surface area contributed by atoms with Gasteiger partial charge in [-0.1, -0.05) is 12.8 Å². The predicted molar refractivity (Wildman–Crippen MR) is 62.2 cm³/mol. The number of ether oxygens (including phenoxy) is 1. The molecule has 0 bridgehead atoms. The van der Waals surface area contributed by atoms with Crippen LogP contribution in [-0.4, -0.2) is 38.3 Å². The first-order chi connectivity index (χ1) is 7.81. The molecule has 0 aromatic rings. The summed E-state index contributed by atoms with van der Waals surface area (Å²) in [7, 11) is 1.73. The topological polar surface area (TPSA) is 50.4 Å². The van der Waals surface area contributed by atoms with E-state index in [1.165, 1.54) is 12.8 Å². The normalized spacial score (nSPS) is 34.9. The number of carbonyl (C=O) groups excluding carboxylic acids is 1. The van der Waals surface area contributed by atoms with Crippen LogP contribution in [0.1, 0.15) is 32.1 Å². The number of rotatable bonds is 3. The first kappa shape index (κ1) is 11.9. The van der Waals surface area contributed by atoms with E-state index in [0.29, 0.717) is 12.1 Å². The average molecular weight is 226 g/mol. The van der Waals surface area contributed by atoms with Gasteiger partial charge in [-0.3, -0.25) is 4.79 Å². The predicted octanol–water partition coefficient (Wildman–Crippen LogP) is 0.670. The molecule has 4 heteroatoms. The van der Waals surface area contributed by atoms with Crippen molar-refractivity contribution in [2.45, 2.75) is 44.2 Å². The Labute approximate surface area is 97.1 Å². The van der Waals surface area contributed by atoms with E-state index >= 15 is 0 Å². The molecule has 92 valence electrons. The maximum atomic E-state index is 11.8. The molecule has 16 heavy (non-hydrogen) atoms. The number of hydrogen-bond acceptors (Lipinski definition) is 3. The second-order valence-corrected chi connectivity index (χ2v) is 4.84. The Balaban J connectivity index is 1.90. The summed E-state index contributed by atoms with van der Waals surface area (Å²) in [6, 6.07) is 0.802. The minimum absolute atomic E-state index is 0.152. The largest absolute Gasteiger partial charge is 0.380 e. The fourth-order valence-corrected chi connectivity index (χ4v) is 2.80. The van der Waals surface area contributed by atoms with E-state index in [-0.39, 0.29) is 11.8 Å². The SMILES string of the molecule is CNC(=O)C1CCCCC1NC1CCOC1. The Hall–Kier alpha value is -0.610. The van der Waals surface area contributed by atoms with Crippen LogP contribution in [0.2, 0.25) is 0 Å². The molecular weight excluding hydrogens is 204 g/mol. The van der Waals surface area contributed by atoms with Crippen LogP contribution in [0.25, 0.3) is 0 Å². The molecule has 0 aromatic carbocycles. The number of nitrogens with one attached hydrogen (secondary N) is 2. The van der Waals surface area contributed by atoms with E-state index in [1.807, 2.05) is 0 Å². The lowest BCUT2D eigenvalue weighted by atomic mass is 9.83. The van der Waals surface area contributed by atoms with Crippen LogP contribution in [0, 0.1) is 5.92 Å². The molecule has 1 saturated heterocycles. The molecule has 2 fully saturated rings. The quantitative estimate of drug-likeness (QED) is 0.743. The molecule has 1 heterocycles. The third-order valence-corrected chi connectivity index (χ3v) is 3.73. The Morgan fingerprint density at radius 2 is 2.06 bits per heavy atom. The summed E-state index contributed by atoms with van der Waals surface area (Å²) in [6.45, 7) is 1.66. The summed E-state index contributed by atoms with van der Waals surface area (Å²) in [5, 5.41) is 6.38. The fourth-order valence-electron chi connectivity index (χ4n) is 2.80. The van der Waals surface area contributed by atoms with Crippen molar-refractivity contribution in [3.8, 4) is 0 Å². The maximum Gasteiger partial charge on any atom is 0.224 e. The Bertz CT molecular complexity index is 239. The van der Waals surface area contributed by atoms with E-state index in [9.17, 15) is 4.79 Å². The van der Waals surface area contributed by atoms with Crippen LogP contribution in [0.15, 0.2) is 0 Å². The molecule has 0 spiro atoms. The van der Waals surface area contributed by atoms with E-state index in [1.54, 1.807) is 7.05 Å². The highest BCUT2D eigenvalue weighted by Gasteiger charge is 2.32. The van der Waals surface area contributed by atoms with Crippen molar-refractivity contribution < 1.29 is 9.53 Å². The van der Waals surface area contributed by atoms with Gasteiger partial charge in [0.05, 0.1) is 12.5 Å². The smallest absolute Gasteiger partial charge is 0.224 e. The van der Waals surface area contributed by atoms with Gasteiger partial charge >= 0.3 is 0 Å². The van der Waals surface area contributed by atoms with E-state index < -0.39 is 0 Å². The lowest BCUT2D eigenvalue weighted by molar-refractivity contribution is -0.126. The van der Waals surface area contributed by atoms with Crippen LogP contribution in [0.5, 0.6) is 0 Å². The van der Waals surface area contributed by atoms with E-state index in [0.717, 1.165) is 32.5 Å².